The van der Waals surface area contributed by atoms with Crippen molar-refractivity contribution in [3.05, 3.63) is 35.6 Å². The van der Waals surface area contributed by atoms with Crippen LogP contribution in [0.15, 0.2) is 24.3 Å². The summed E-state index contributed by atoms with van der Waals surface area (Å²) in [5.41, 5.74) is 0.301. The van der Waals surface area contributed by atoms with Gasteiger partial charge in [-0.15, -0.1) is 0 Å². The Morgan fingerprint density at radius 1 is 1.33 bits per heavy atom. The number of alkyl halides is 3. The second-order valence-corrected chi connectivity index (χ2v) is 3.22. The number of hydrogen-bond donors (Lipinski definition) is 1. The van der Waals surface area contributed by atoms with Crippen LogP contribution < -0.4 is 5.32 Å². The van der Waals surface area contributed by atoms with Crippen LogP contribution in [0.4, 0.5) is 17.6 Å². The molecule has 1 aromatic rings. The van der Waals surface area contributed by atoms with Gasteiger partial charge in [0.1, 0.15) is 5.82 Å². The SMILES string of the molecule is CNC(CC(F)(F)F)c1cccc(F)c1. The zero-order valence-electron chi connectivity index (χ0n) is 8.11. The minimum absolute atomic E-state index is 0.301. The van der Waals surface area contributed by atoms with Gasteiger partial charge in [-0.2, -0.15) is 13.2 Å². The molecule has 0 aliphatic heterocycles. The van der Waals surface area contributed by atoms with Crippen LogP contribution in [-0.4, -0.2) is 13.2 Å². The highest BCUT2D eigenvalue weighted by molar-refractivity contribution is 5.20. The first-order chi connectivity index (χ1) is 6.92. The molecule has 15 heavy (non-hydrogen) atoms. The molecule has 0 amide bonds. The van der Waals surface area contributed by atoms with E-state index >= 15 is 0 Å². The lowest BCUT2D eigenvalue weighted by Crippen LogP contribution is -2.23. The van der Waals surface area contributed by atoms with Crippen molar-refractivity contribution in [3.8, 4) is 0 Å². The number of hydrogen-bond acceptors (Lipinski definition) is 1. The molecule has 1 nitrogen and oxygen atoms in total. The molecule has 1 unspecified atom stereocenters. The molecule has 0 aliphatic rings. The Bertz CT molecular complexity index is 321. The molecule has 0 aliphatic carbocycles. The van der Waals surface area contributed by atoms with Gasteiger partial charge in [-0.3, -0.25) is 0 Å². The van der Waals surface area contributed by atoms with Crippen molar-refractivity contribution in [2.24, 2.45) is 0 Å². The molecule has 0 saturated heterocycles. The Hall–Kier alpha value is -1.10. The summed E-state index contributed by atoms with van der Waals surface area (Å²) in [5.74, 6) is -0.532. The minimum Gasteiger partial charge on any atom is -0.313 e. The highest BCUT2D eigenvalue weighted by atomic mass is 19.4. The normalized spacial score (nSPS) is 13.9. The average Bonchev–Trinajstić information content (AvgIpc) is 2.13. The van der Waals surface area contributed by atoms with E-state index in [2.05, 4.69) is 5.32 Å². The molecular weight excluding hydrogens is 210 g/mol. The Morgan fingerprint density at radius 2 is 2.00 bits per heavy atom. The zero-order valence-corrected chi connectivity index (χ0v) is 8.11. The van der Waals surface area contributed by atoms with E-state index in [1.54, 1.807) is 0 Å². The Balaban J connectivity index is 2.83. The highest BCUT2D eigenvalue weighted by Crippen LogP contribution is 2.29. The molecule has 0 bridgehead atoms. The van der Waals surface area contributed by atoms with Crippen LogP contribution in [0.1, 0.15) is 18.0 Å². The van der Waals surface area contributed by atoms with E-state index in [1.807, 2.05) is 0 Å². The van der Waals surface area contributed by atoms with E-state index in [0.717, 1.165) is 6.07 Å². The quantitative estimate of drug-likeness (QED) is 0.773. The van der Waals surface area contributed by atoms with E-state index < -0.39 is 24.5 Å². The van der Waals surface area contributed by atoms with Crippen LogP contribution in [0.25, 0.3) is 0 Å². The Labute approximate surface area is 85.1 Å². The fourth-order valence-corrected chi connectivity index (χ4v) is 1.34. The van der Waals surface area contributed by atoms with E-state index in [-0.39, 0.29) is 0 Å². The van der Waals surface area contributed by atoms with Gasteiger partial charge < -0.3 is 5.32 Å². The maximum Gasteiger partial charge on any atom is 0.390 e. The predicted molar refractivity (Wildman–Crippen MR) is 48.9 cm³/mol. The molecule has 0 radical (unpaired) electrons. The fourth-order valence-electron chi connectivity index (χ4n) is 1.34. The second-order valence-electron chi connectivity index (χ2n) is 3.22. The summed E-state index contributed by atoms with van der Waals surface area (Å²) in [6.45, 7) is 0. The molecule has 84 valence electrons. The van der Waals surface area contributed by atoms with Crippen molar-refractivity contribution >= 4 is 0 Å². The molecule has 1 N–H and O–H groups in total. The van der Waals surface area contributed by atoms with E-state index in [1.165, 1.54) is 25.2 Å². The lowest BCUT2D eigenvalue weighted by Gasteiger charge is -2.18. The summed E-state index contributed by atoms with van der Waals surface area (Å²) in [6, 6.07) is 4.26. The smallest absolute Gasteiger partial charge is 0.313 e. The highest BCUT2D eigenvalue weighted by Gasteiger charge is 2.31. The summed E-state index contributed by atoms with van der Waals surface area (Å²) < 4.78 is 49.2. The first-order valence-corrected chi connectivity index (χ1v) is 4.42. The minimum atomic E-state index is -4.26. The molecule has 0 aromatic heterocycles. The van der Waals surface area contributed by atoms with Crippen molar-refractivity contribution in [2.75, 3.05) is 7.05 Å². The molecule has 1 rings (SSSR count). The fraction of sp³-hybridized carbons (Fsp3) is 0.400. The molecule has 0 spiro atoms. The number of nitrogens with one attached hydrogen (secondary N) is 1. The molecule has 5 heteroatoms. The number of halogens is 4. The molecule has 0 heterocycles. The van der Waals surface area contributed by atoms with E-state index in [9.17, 15) is 17.6 Å². The first kappa shape index (κ1) is 12.0. The zero-order chi connectivity index (χ0) is 11.5. The van der Waals surface area contributed by atoms with Crippen LogP contribution in [-0.2, 0) is 0 Å². The molecular formula is C10H11F4N. The third kappa shape index (κ3) is 3.87. The van der Waals surface area contributed by atoms with Crippen LogP contribution in [0.3, 0.4) is 0 Å². The summed E-state index contributed by atoms with van der Waals surface area (Å²) in [4.78, 5) is 0. The summed E-state index contributed by atoms with van der Waals surface area (Å²) >= 11 is 0. The van der Waals surface area contributed by atoms with Crippen molar-refractivity contribution in [2.45, 2.75) is 18.6 Å². The van der Waals surface area contributed by atoms with Crippen LogP contribution in [0.5, 0.6) is 0 Å². The Kier molecular flexibility index (Phi) is 3.68. The maximum atomic E-state index is 12.8. The summed E-state index contributed by atoms with van der Waals surface area (Å²) in [7, 11) is 1.42. The second kappa shape index (κ2) is 4.61. The summed E-state index contributed by atoms with van der Waals surface area (Å²) in [5, 5.41) is 2.52. The predicted octanol–water partition coefficient (Wildman–Crippen LogP) is 3.04. The third-order valence-corrected chi connectivity index (χ3v) is 2.04. The van der Waals surface area contributed by atoms with Gasteiger partial charge in [0.15, 0.2) is 0 Å². The molecule has 1 atom stereocenters. The lowest BCUT2D eigenvalue weighted by atomic mass is 10.0. The number of rotatable bonds is 3. The van der Waals surface area contributed by atoms with Gasteiger partial charge in [0.05, 0.1) is 6.42 Å². The molecule has 1 aromatic carbocycles. The van der Waals surface area contributed by atoms with Gasteiger partial charge in [-0.1, -0.05) is 12.1 Å². The summed E-state index contributed by atoms with van der Waals surface area (Å²) in [6.07, 6.45) is -5.27. The van der Waals surface area contributed by atoms with Crippen LogP contribution >= 0.6 is 0 Å². The van der Waals surface area contributed by atoms with E-state index in [4.69, 9.17) is 0 Å². The van der Waals surface area contributed by atoms with Gasteiger partial charge >= 0.3 is 6.18 Å². The molecule has 0 fully saturated rings. The van der Waals surface area contributed by atoms with Crippen LogP contribution in [0.2, 0.25) is 0 Å². The van der Waals surface area contributed by atoms with Crippen molar-refractivity contribution in [1.29, 1.82) is 0 Å². The largest absolute Gasteiger partial charge is 0.390 e. The van der Waals surface area contributed by atoms with Crippen molar-refractivity contribution in [3.63, 3.8) is 0 Å². The van der Waals surface area contributed by atoms with E-state index in [0.29, 0.717) is 5.56 Å². The number of benzene rings is 1. The average molecular weight is 221 g/mol. The van der Waals surface area contributed by atoms with Crippen molar-refractivity contribution in [1.82, 2.24) is 5.32 Å². The monoisotopic (exact) mass is 221 g/mol. The maximum absolute atomic E-state index is 12.8. The van der Waals surface area contributed by atoms with Crippen molar-refractivity contribution < 1.29 is 17.6 Å². The first-order valence-electron chi connectivity index (χ1n) is 4.42. The lowest BCUT2D eigenvalue weighted by molar-refractivity contribution is -0.140. The van der Waals surface area contributed by atoms with Gasteiger partial charge in [0, 0.05) is 6.04 Å². The third-order valence-electron chi connectivity index (χ3n) is 2.04. The van der Waals surface area contributed by atoms with Gasteiger partial charge in [-0.25, -0.2) is 4.39 Å². The Morgan fingerprint density at radius 3 is 2.47 bits per heavy atom. The van der Waals surface area contributed by atoms with Gasteiger partial charge in [0.25, 0.3) is 0 Å². The topological polar surface area (TPSA) is 12.0 Å². The van der Waals surface area contributed by atoms with Gasteiger partial charge in [-0.05, 0) is 24.7 Å². The van der Waals surface area contributed by atoms with Crippen LogP contribution in [0, 0.1) is 5.82 Å². The van der Waals surface area contributed by atoms with Gasteiger partial charge in [0.2, 0.25) is 0 Å². The standard InChI is InChI=1S/C10H11F4N/c1-15-9(6-10(12,13)14)7-3-2-4-8(11)5-7/h2-5,9,15H,6H2,1H3. The molecule has 0 saturated carbocycles.